The molecular weight excluding hydrogens is 653 g/mol. The van der Waals surface area contributed by atoms with E-state index in [-0.39, 0.29) is 10.8 Å². The molecule has 1 aliphatic carbocycles. The van der Waals surface area contributed by atoms with Crippen molar-refractivity contribution in [1.82, 2.24) is 4.57 Å². The second kappa shape index (κ2) is 13.8. The Labute approximate surface area is 320 Å². The zero-order valence-electron chi connectivity index (χ0n) is 31.7. The third-order valence-electron chi connectivity index (χ3n) is 11.8. The van der Waals surface area contributed by atoms with Crippen LogP contribution in [0.25, 0.3) is 38.6 Å². The van der Waals surface area contributed by atoms with E-state index < -0.39 is 0 Å². The highest BCUT2D eigenvalue weighted by Gasteiger charge is 2.35. The molecule has 266 valence electrons. The third kappa shape index (κ3) is 6.10. The van der Waals surface area contributed by atoms with Crippen LogP contribution in [0.3, 0.4) is 0 Å². The zero-order valence-corrected chi connectivity index (χ0v) is 31.7. The minimum atomic E-state index is 0.0768. The van der Waals surface area contributed by atoms with Crippen molar-refractivity contribution in [3.05, 3.63) is 193 Å². The molecule has 1 aliphatic rings. The maximum Gasteiger partial charge on any atom is 0.0541 e. The van der Waals surface area contributed by atoms with Crippen LogP contribution in [-0.4, -0.2) is 4.57 Å². The highest BCUT2D eigenvalue weighted by molar-refractivity contribution is 6.10. The summed E-state index contributed by atoms with van der Waals surface area (Å²) in [6, 6.07) is 65.3. The first kappa shape index (κ1) is 33.9. The quantitative estimate of drug-likeness (QED) is 0.161. The zero-order chi connectivity index (χ0) is 36.7. The summed E-state index contributed by atoms with van der Waals surface area (Å²) in [5.41, 5.74) is 13.9. The van der Waals surface area contributed by atoms with Gasteiger partial charge in [0.15, 0.2) is 0 Å². The monoisotopic (exact) mass is 700 g/mol. The fourth-order valence-electron chi connectivity index (χ4n) is 8.95. The number of hydrogen-bond acceptors (Lipinski definition) is 1. The van der Waals surface area contributed by atoms with Crippen molar-refractivity contribution >= 4 is 38.9 Å². The summed E-state index contributed by atoms with van der Waals surface area (Å²) in [4.78, 5) is 2.41. The lowest BCUT2D eigenvalue weighted by Crippen LogP contribution is -2.30. The molecule has 1 fully saturated rings. The molecule has 7 aromatic carbocycles. The smallest absolute Gasteiger partial charge is 0.0541 e. The second-order valence-electron chi connectivity index (χ2n) is 16.2. The Hall–Kier alpha value is -5.86. The summed E-state index contributed by atoms with van der Waals surface area (Å²) in [5.74, 6) is 0. The van der Waals surface area contributed by atoms with E-state index >= 15 is 0 Å². The van der Waals surface area contributed by atoms with Crippen molar-refractivity contribution in [2.24, 2.45) is 0 Å². The van der Waals surface area contributed by atoms with E-state index in [1.165, 1.54) is 93.1 Å². The molecule has 1 saturated carbocycles. The van der Waals surface area contributed by atoms with E-state index in [4.69, 9.17) is 0 Å². The van der Waals surface area contributed by atoms with Crippen molar-refractivity contribution in [2.75, 3.05) is 4.90 Å². The van der Waals surface area contributed by atoms with E-state index in [1.807, 2.05) is 0 Å². The third-order valence-corrected chi connectivity index (χ3v) is 11.8. The maximum absolute atomic E-state index is 2.41. The summed E-state index contributed by atoms with van der Waals surface area (Å²) in [7, 11) is 0. The average molecular weight is 701 g/mol. The van der Waals surface area contributed by atoms with E-state index in [2.05, 4.69) is 206 Å². The largest absolute Gasteiger partial charge is 0.311 e. The number of benzene rings is 7. The Bertz CT molecular complexity index is 2510. The van der Waals surface area contributed by atoms with E-state index in [0.29, 0.717) is 0 Å². The number of rotatable bonds is 7. The van der Waals surface area contributed by atoms with Crippen LogP contribution >= 0.6 is 0 Å². The predicted octanol–water partition coefficient (Wildman–Crippen LogP) is 14.5. The summed E-state index contributed by atoms with van der Waals surface area (Å²) in [6.45, 7) is 6.84. The van der Waals surface area contributed by atoms with Crippen LogP contribution in [0.5, 0.6) is 0 Å². The van der Waals surface area contributed by atoms with Gasteiger partial charge in [-0.1, -0.05) is 149 Å². The lowest BCUT2D eigenvalue weighted by atomic mass is 9.65. The second-order valence-corrected chi connectivity index (χ2v) is 16.2. The highest BCUT2D eigenvalue weighted by Crippen LogP contribution is 2.46. The fraction of sp³-hybridized carbons (Fsp3) is 0.192. The number of para-hydroxylation sites is 2. The van der Waals surface area contributed by atoms with Crippen molar-refractivity contribution in [2.45, 2.75) is 63.7 Å². The molecule has 0 radical (unpaired) electrons. The van der Waals surface area contributed by atoms with Gasteiger partial charge < -0.3 is 9.47 Å². The molecule has 0 aliphatic heterocycles. The van der Waals surface area contributed by atoms with Gasteiger partial charge in [0.1, 0.15) is 0 Å². The molecule has 2 nitrogen and oxygen atoms in total. The average Bonchev–Trinajstić information content (AvgIpc) is 3.56. The summed E-state index contributed by atoms with van der Waals surface area (Å²) >= 11 is 0. The van der Waals surface area contributed by atoms with Gasteiger partial charge in [0.05, 0.1) is 11.0 Å². The maximum atomic E-state index is 2.41. The van der Waals surface area contributed by atoms with Crippen LogP contribution in [0.2, 0.25) is 0 Å². The molecule has 0 atom stereocenters. The van der Waals surface area contributed by atoms with Gasteiger partial charge in [-0.05, 0) is 113 Å². The molecule has 1 aromatic heterocycles. The van der Waals surface area contributed by atoms with Gasteiger partial charge in [0.25, 0.3) is 0 Å². The normalized spacial score (nSPS) is 14.4. The fourth-order valence-corrected chi connectivity index (χ4v) is 8.95. The molecule has 9 rings (SSSR count). The molecule has 0 amide bonds. The van der Waals surface area contributed by atoms with Crippen molar-refractivity contribution in [3.63, 3.8) is 0 Å². The van der Waals surface area contributed by atoms with Crippen LogP contribution in [0, 0.1) is 0 Å². The van der Waals surface area contributed by atoms with Gasteiger partial charge in [-0.15, -0.1) is 0 Å². The first-order valence-corrected chi connectivity index (χ1v) is 19.6. The van der Waals surface area contributed by atoms with Crippen LogP contribution < -0.4 is 4.90 Å². The molecular formula is C52H48N2. The van der Waals surface area contributed by atoms with E-state index in [0.717, 1.165) is 11.4 Å². The number of hydrogen-bond donors (Lipinski definition) is 0. The van der Waals surface area contributed by atoms with E-state index in [9.17, 15) is 0 Å². The van der Waals surface area contributed by atoms with Gasteiger partial charge in [-0.2, -0.15) is 0 Å². The molecule has 0 unspecified atom stereocenters. The van der Waals surface area contributed by atoms with Gasteiger partial charge in [0.2, 0.25) is 0 Å². The Morgan fingerprint density at radius 3 is 1.63 bits per heavy atom. The van der Waals surface area contributed by atoms with Gasteiger partial charge >= 0.3 is 0 Å². The lowest BCUT2D eigenvalue weighted by Gasteiger charge is -2.39. The molecule has 8 aromatic rings. The van der Waals surface area contributed by atoms with Crippen LogP contribution in [0.1, 0.15) is 69.6 Å². The molecule has 54 heavy (non-hydrogen) atoms. The molecule has 1 heterocycles. The first-order chi connectivity index (χ1) is 26.4. The van der Waals surface area contributed by atoms with Gasteiger partial charge in [-0.3, -0.25) is 0 Å². The molecule has 0 N–H and O–H groups in total. The topological polar surface area (TPSA) is 8.17 Å². The minimum Gasteiger partial charge on any atom is -0.311 e. The van der Waals surface area contributed by atoms with Crippen LogP contribution in [-0.2, 0) is 10.8 Å². The number of anilines is 3. The highest BCUT2D eigenvalue weighted by atomic mass is 15.1. The first-order valence-electron chi connectivity index (χ1n) is 19.6. The van der Waals surface area contributed by atoms with Crippen molar-refractivity contribution in [1.29, 1.82) is 0 Å². The SMILES string of the molecule is CC(C)(C)c1ccc(N(c2ccc(-c3ccc4c(c3)c3ccccc3n4-c3ccccc3)cc2)c2ccc(C3(c4ccccc4)CCCCC3)cc2)cc1. The van der Waals surface area contributed by atoms with Crippen molar-refractivity contribution in [3.8, 4) is 16.8 Å². The van der Waals surface area contributed by atoms with Crippen LogP contribution in [0.4, 0.5) is 17.1 Å². The minimum absolute atomic E-state index is 0.0768. The Morgan fingerprint density at radius 1 is 0.463 bits per heavy atom. The molecule has 0 saturated heterocycles. The van der Waals surface area contributed by atoms with E-state index in [1.54, 1.807) is 0 Å². The summed E-state index contributed by atoms with van der Waals surface area (Å²) < 4.78 is 2.38. The Morgan fingerprint density at radius 2 is 0.981 bits per heavy atom. The molecule has 0 bridgehead atoms. The van der Waals surface area contributed by atoms with Crippen molar-refractivity contribution < 1.29 is 0 Å². The lowest BCUT2D eigenvalue weighted by molar-refractivity contribution is 0.346. The number of fused-ring (bicyclic) bond motifs is 3. The Kier molecular flexibility index (Phi) is 8.70. The standard InChI is InChI=1S/C52H48N2/c1-51(2,3)40-24-30-45(31-25-40)53(46-32-26-42(27-33-46)52(35-13-6-14-36-52)41-15-7-4-8-16-41)44-28-21-38(22-29-44)39-23-34-50-48(37-39)47-19-11-12-20-49(47)54(50)43-17-9-5-10-18-43/h4-5,7-12,15-34,37H,6,13-14,35-36H2,1-3H3. The molecule has 0 spiro atoms. The van der Waals surface area contributed by atoms with Gasteiger partial charge in [0, 0.05) is 38.9 Å². The molecule has 2 heteroatoms. The summed E-state index contributed by atoms with van der Waals surface area (Å²) in [5, 5.41) is 2.54. The predicted molar refractivity (Wildman–Crippen MR) is 230 cm³/mol. The number of aromatic nitrogens is 1. The van der Waals surface area contributed by atoms with Crippen LogP contribution in [0.15, 0.2) is 176 Å². The van der Waals surface area contributed by atoms with Gasteiger partial charge in [-0.25, -0.2) is 0 Å². The Balaban J connectivity index is 1.10. The number of nitrogens with zero attached hydrogens (tertiary/aromatic N) is 2. The summed E-state index contributed by atoms with van der Waals surface area (Å²) in [6.07, 6.45) is 6.28.